The molecule has 3 aromatic rings. The van der Waals surface area contributed by atoms with Gasteiger partial charge in [0.05, 0.1) is 22.2 Å². The highest BCUT2D eigenvalue weighted by Gasteiger charge is 2.09. The molecular formula is C23H19Cl2N3O2. The lowest BCUT2D eigenvalue weighted by Crippen LogP contribution is -2.20. The molecule has 0 aliphatic carbocycles. The van der Waals surface area contributed by atoms with E-state index in [0.717, 1.165) is 11.1 Å². The summed E-state index contributed by atoms with van der Waals surface area (Å²) in [6.45, 7) is 1.75. The molecule has 2 N–H and O–H groups in total. The Bertz CT molecular complexity index is 1100. The topological polar surface area (TPSA) is 70.6 Å². The van der Waals surface area contributed by atoms with Crippen LogP contribution in [0.3, 0.4) is 0 Å². The lowest BCUT2D eigenvalue weighted by atomic mass is 10.1. The van der Waals surface area contributed by atoms with Crippen molar-refractivity contribution in [3.05, 3.63) is 99.5 Å². The van der Waals surface area contributed by atoms with Gasteiger partial charge in [-0.1, -0.05) is 65.7 Å². The van der Waals surface area contributed by atoms with Crippen molar-refractivity contribution in [2.24, 2.45) is 5.10 Å². The molecule has 30 heavy (non-hydrogen) atoms. The summed E-state index contributed by atoms with van der Waals surface area (Å²) in [7, 11) is 0. The summed E-state index contributed by atoms with van der Waals surface area (Å²) >= 11 is 11.9. The molecule has 0 saturated carbocycles. The Balaban J connectivity index is 1.63. The van der Waals surface area contributed by atoms with Crippen LogP contribution in [0, 0.1) is 0 Å². The van der Waals surface area contributed by atoms with Crippen molar-refractivity contribution in [2.45, 2.75) is 13.3 Å². The Labute approximate surface area is 184 Å². The summed E-state index contributed by atoms with van der Waals surface area (Å²) in [5.41, 5.74) is 5.65. The van der Waals surface area contributed by atoms with Crippen LogP contribution in [-0.4, -0.2) is 17.5 Å². The third-order valence-electron chi connectivity index (χ3n) is 4.28. The van der Waals surface area contributed by atoms with E-state index < -0.39 is 5.91 Å². The van der Waals surface area contributed by atoms with Crippen molar-refractivity contribution in [3.8, 4) is 0 Å². The zero-order valence-corrected chi connectivity index (χ0v) is 17.7. The quantitative estimate of drug-likeness (QED) is 0.402. The average molecular weight is 440 g/mol. The van der Waals surface area contributed by atoms with E-state index in [1.807, 2.05) is 30.3 Å². The Morgan fingerprint density at radius 2 is 1.63 bits per heavy atom. The van der Waals surface area contributed by atoms with Crippen LogP contribution in [0.4, 0.5) is 5.69 Å². The molecule has 0 aliphatic heterocycles. The average Bonchev–Trinajstić information content (AvgIpc) is 2.74. The molecule has 3 rings (SSSR count). The van der Waals surface area contributed by atoms with E-state index >= 15 is 0 Å². The number of carbonyl (C=O) groups is 2. The number of amides is 2. The van der Waals surface area contributed by atoms with Crippen molar-refractivity contribution >= 4 is 46.4 Å². The summed E-state index contributed by atoms with van der Waals surface area (Å²) in [5, 5.41) is 7.78. The number of rotatable bonds is 6. The Morgan fingerprint density at radius 1 is 0.867 bits per heavy atom. The van der Waals surface area contributed by atoms with Crippen LogP contribution in [-0.2, 0) is 11.2 Å². The number of benzene rings is 3. The number of nitrogens with one attached hydrogen (secondary N) is 2. The van der Waals surface area contributed by atoms with Crippen LogP contribution in [0.2, 0.25) is 10.0 Å². The number of hydrogen-bond acceptors (Lipinski definition) is 3. The molecule has 0 aliphatic rings. The number of hydrazone groups is 1. The van der Waals surface area contributed by atoms with E-state index in [1.54, 1.807) is 49.4 Å². The molecule has 0 radical (unpaired) electrons. The lowest BCUT2D eigenvalue weighted by molar-refractivity contribution is -0.115. The zero-order chi connectivity index (χ0) is 21.5. The molecule has 0 aromatic heterocycles. The summed E-state index contributed by atoms with van der Waals surface area (Å²) < 4.78 is 0. The van der Waals surface area contributed by atoms with Crippen molar-refractivity contribution in [1.82, 2.24) is 5.43 Å². The first-order chi connectivity index (χ1) is 14.4. The molecule has 0 fully saturated rings. The first-order valence-electron chi connectivity index (χ1n) is 9.16. The normalized spacial score (nSPS) is 11.1. The maximum atomic E-state index is 12.5. The minimum absolute atomic E-state index is 0.160. The smallest absolute Gasteiger partial charge is 0.271 e. The molecule has 0 spiro atoms. The molecular weight excluding hydrogens is 421 g/mol. The van der Waals surface area contributed by atoms with E-state index in [2.05, 4.69) is 15.8 Å². The van der Waals surface area contributed by atoms with Crippen molar-refractivity contribution in [1.29, 1.82) is 0 Å². The summed E-state index contributed by atoms with van der Waals surface area (Å²) in [4.78, 5) is 24.7. The van der Waals surface area contributed by atoms with Gasteiger partial charge < -0.3 is 5.32 Å². The van der Waals surface area contributed by atoms with Gasteiger partial charge in [0.1, 0.15) is 0 Å². The highest BCUT2D eigenvalue weighted by atomic mass is 35.5. The molecule has 152 valence electrons. The zero-order valence-electron chi connectivity index (χ0n) is 16.2. The van der Waals surface area contributed by atoms with Crippen molar-refractivity contribution in [2.75, 3.05) is 5.32 Å². The van der Waals surface area contributed by atoms with Gasteiger partial charge in [-0.05, 0) is 48.4 Å². The van der Waals surface area contributed by atoms with Gasteiger partial charge in [0.25, 0.3) is 5.91 Å². The fraction of sp³-hybridized carbons (Fsp3) is 0.0870. The molecule has 0 heterocycles. The van der Waals surface area contributed by atoms with E-state index in [1.165, 1.54) is 0 Å². The van der Waals surface area contributed by atoms with Crippen LogP contribution in [0.25, 0.3) is 0 Å². The minimum atomic E-state index is -0.395. The highest BCUT2D eigenvalue weighted by molar-refractivity contribution is 6.42. The van der Waals surface area contributed by atoms with E-state index in [4.69, 9.17) is 23.2 Å². The molecule has 0 bridgehead atoms. The predicted molar refractivity (Wildman–Crippen MR) is 121 cm³/mol. The fourth-order valence-corrected chi connectivity index (χ4v) is 3.01. The van der Waals surface area contributed by atoms with Crippen LogP contribution in [0.1, 0.15) is 28.4 Å². The first-order valence-corrected chi connectivity index (χ1v) is 9.92. The molecule has 3 aromatic carbocycles. The number of anilines is 1. The Kier molecular flexibility index (Phi) is 7.22. The van der Waals surface area contributed by atoms with Crippen molar-refractivity contribution < 1.29 is 9.59 Å². The molecule has 7 heteroatoms. The molecule has 0 atom stereocenters. The predicted octanol–water partition coefficient (Wildman–Crippen LogP) is 5.33. The summed E-state index contributed by atoms with van der Waals surface area (Å²) in [5.74, 6) is -0.555. The number of carbonyl (C=O) groups excluding carboxylic acids is 2. The minimum Gasteiger partial charge on any atom is -0.326 e. The third-order valence-corrected chi connectivity index (χ3v) is 5.02. The number of nitrogens with zero attached hydrogens (tertiary/aromatic N) is 1. The summed E-state index contributed by atoms with van der Waals surface area (Å²) in [6, 6.07) is 21.2. The SMILES string of the molecule is C/C(=N\NC(=O)c1cccc(NC(=O)Cc2ccccc2)c1)c1ccc(Cl)c(Cl)c1. The van der Waals surface area contributed by atoms with E-state index in [-0.39, 0.29) is 12.3 Å². The molecule has 5 nitrogen and oxygen atoms in total. The van der Waals surface area contributed by atoms with Crippen molar-refractivity contribution in [3.63, 3.8) is 0 Å². The third kappa shape index (κ3) is 5.92. The lowest BCUT2D eigenvalue weighted by Gasteiger charge is -2.08. The van der Waals surface area contributed by atoms with Gasteiger partial charge >= 0.3 is 0 Å². The number of hydrogen-bond donors (Lipinski definition) is 2. The summed E-state index contributed by atoms with van der Waals surface area (Å²) in [6.07, 6.45) is 0.254. The van der Waals surface area contributed by atoms with Crippen LogP contribution in [0.5, 0.6) is 0 Å². The maximum Gasteiger partial charge on any atom is 0.271 e. The largest absolute Gasteiger partial charge is 0.326 e. The highest BCUT2D eigenvalue weighted by Crippen LogP contribution is 2.22. The number of halogens is 2. The van der Waals surface area contributed by atoms with Gasteiger partial charge in [-0.15, -0.1) is 0 Å². The van der Waals surface area contributed by atoms with Gasteiger partial charge in [0, 0.05) is 11.3 Å². The van der Waals surface area contributed by atoms with Gasteiger partial charge in [0.15, 0.2) is 0 Å². The van der Waals surface area contributed by atoms with Gasteiger partial charge in [-0.25, -0.2) is 5.43 Å². The second kappa shape index (κ2) is 10.1. The molecule has 0 saturated heterocycles. The van der Waals surface area contributed by atoms with Crippen LogP contribution >= 0.6 is 23.2 Å². The Morgan fingerprint density at radius 3 is 2.37 bits per heavy atom. The standard InChI is InChI=1S/C23H19Cl2N3O2/c1-15(17-10-11-20(24)21(25)14-17)27-28-23(30)18-8-5-9-19(13-18)26-22(29)12-16-6-3-2-4-7-16/h2-11,13-14H,12H2,1H3,(H,26,29)(H,28,30)/b27-15+. The maximum absolute atomic E-state index is 12.5. The molecule has 0 unspecified atom stereocenters. The van der Waals surface area contributed by atoms with Crippen LogP contribution in [0.15, 0.2) is 77.9 Å². The second-order valence-corrected chi connectivity index (χ2v) is 7.37. The van der Waals surface area contributed by atoms with Gasteiger partial charge in [0.2, 0.25) is 5.91 Å². The van der Waals surface area contributed by atoms with E-state index in [0.29, 0.717) is 27.0 Å². The van der Waals surface area contributed by atoms with Gasteiger partial charge in [-0.3, -0.25) is 9.59 Å². The Hall–Kier alpha value is -3.15. The second-order valence-electron chi connectivity index (χ2n) is 6.56. The molecule has 2 amide bonds. The fourth-order valence-electron chi connectivity index (χ4n) is 2.71. The first kappa shape index (κ1) is 21.6. The van der Waals surface area contributed by atoms with Crippen LogP contribution < -0.4 is 10.7 Å². The van der Waals surface area contributed by atoms with Gasteiger partial charge in [-0.2, -0.15) is 5.10 Å². The monoisotopic (exact) mass is 439 g/mol. The van der Waals surface area contributed by atoms with E-state index in [9.17, 15) is 9.59 Å².